The zero-order valence-corrected chi connectivity index (χ0v) is 23.2. The van der Waals surface area contributed by atoms with Gasteiger partial charge in [0.2, 0.25) is 5.95 Å². The molecular formula is C30H37ClFN3O2. The van der Waals surface area contributed by atoms with Gasteiger partial charge in [-0.2, -0.15) is 9.49 Å². The first kappa shape index (κ1) is 28.6. The third-order valence-corrected chi connectivity index (χ3v) is 7.03. The van der Waals surface area contributed by atoms with E-state index in [9.17, 15) is 9.18 Å². The van der Waals surface area contributed by atoms with Crippen molar-refractivity contribution in [3.05, 3.63) is 70.4 Å². The zero-order chi connectivity index (χ0) is 26.9. The fourth-order valence-electron chi connectivity index (χ4n) is 4.46. The maximum atomic E-state index is 14.0. The van der Waals surface area contributed by atoms with Crippen LogP contribution in [0.25, 0.3) is 16.8 Å². The number of ether oxygens (including phenoxy) is 1. The van der Waals surface area contributed by atoms with Gasteiger partial charge in [0.1, 0.15) is 5.75 Å². The van der Waals surface area contributed by atoms with Gasteiger partial charge in [-0.05, 0) is 61.1 Å². The molecule has 2 unspecified atom stereocenters. The van der Waals surface area contributed by atoms with Crippen molar-refractivity contribution in [2.24, 2.45) is 5.92 Å². The third-order valence-electron chi connectivity index (χ3n) is 6.80. The average molecular weight is 526 g/mol. The number of carbonyl (C=O) groups is 1. The van der Waals surface area contributed by atoms with E-state index in [-0.39, 0.29) is 17.6 Å². The predicted molar refractivity (Wildman–Crippen MR) is 148 cm³/mol. The summed E-state index contributed by atoms with van der Waals surface area (Å²) in [6.07, 6.45) is 10.4. The SMILES string of the molecule is C/C=C(/C(=O)C1COc2ccc(Cl)cc2C1)c1cnc(-c2cn[nH]c2F)cc1C(C)CC.CCCCC. The van der Waals surface area contributed by atoms with Crippen LogP contribution in [0.5, 0.6) is 5.75 Å². The van der Waals surface area contributed by atoms with E-state index >= 15 is 0 Å². The molecule has 1 aromatic carbocycles. The van der Waals surface area contributed by atoms with Crippen molar-refractivity contribution >= 4 is 23.0 Å². The number of nitrogens with one attached hydrogen (secondary N) is 1. The van der Waals surface area contributed by atoms with E-state index in [0.29, 0.717) is 34.9 Å². The number of pyridine rings is 1. The normalized spacial score (nSPS) is 15.8. The van der Waals surface area contributed by atoms with Crippen molar-refractivity contribution in [3.63, 3.8) is 0 Å². The largest absolute Gasteiger partial charge is 0.493 e. The lowest BCUT2D eigenvalue weighted by Gasteiger charge is -2.26. The molecule has 198 valence electrons. The molecule has 3 aromatic rings. The lowest BCUT2D eigenvalue weighted by atomic mass is 9.83. The van der Waals surface area contributed by atoms with Crippen LogP contribution in [0, 0.1) is 11.9 Å². The fraction of sp³-hybridized carbons (Fsp3) is 0.433. The minimum Gasteiger partial charge on any atom is -0.493 e. The number of ketones is 1. The summed E-state index contributed by atoms with van der Waals surface area (Å²) in [5.74, 6) is 0.0922. The van der Waals surface area contributed by atoms with E-state index in [0.717, 1.165) is 28.9 Å². The van der Waals surface area contributed by atoms with Gasteiger partial charge in [-0.3, -0.25) is 14.9 Å². The van der Waals surface area contributed by atoms with Crippen LogP contribution in [-0.4, -0.2) is 27.6 Å². The summed E-state index contributed by atoms with van der Waals surface area (Å²) in [4.78, 5) is 18.0. The molecule has 2 atom stereocenters. The summed E-state index contributed by atoms with van der Waals surface area (Å²) in [5, 5.41) is 6.68. The summed E-state index contributed by atoms with van der Waals surface area (Å²) in [5.41, 5.74) is 4.07. The average Bonchev–Trinajstić information content (AvgIpc) is 3.34. The number of aromatic amines is 1. The molecule has 0 spiro atoms. The smallest absolute Gasteiger partial charge is 0.218 e. The van der Waals surface area contributed by atoms with Crippen molar-refractivity contribution in [3.8, 4) is 17.0 Å². The topological polar surface area (TPSA) is 67.9 Å². The molecule has 0 radical (unpaired) electrons. The first-order valence-electron chi connectivity index (χ1n) is 13.2. The zero-order valence-electron chi connectivity index (χ0n) is 22.4. The number of hydrogen-bond donors (Lipinski definition) is 1. The number of H-pyrrole nitrogens is 1. The van der Waals surface area contributed by atoms with Crippen molar-refractivity contribution < 1.29 is 13.9 Å². The van der Waals surface area contributed by atoms with Crippen LogP contribution in [0.15, 0.2) is 42.7 Å². The highest BCUT2D eigenvalue weighted by atomic mass is 35.5. The van der Waals surface area contributed by atoms with E-state index in [1.165, 1.54) is 25.5 Å². The van der Waals surface area contributed by atoms with Crippen molar-refractivity contribution in [1.29, 1.82) is 0 Å². The second kappa shape index (κ2) is 13.5. The van der Waals surface area contributed by atoms with Crippen molar-refractivity contribution in [1.82, 2.24) is 15.2 Å². The summed E-state index contributed by atoms with van der Waals surface area (Å²) in [6.45, 7) is 10.8. The maximum Gasteiger partial charge on any atom is 0.218 e. The molecule has 0 saturated carbocycles. The first-order valence-corrected chi connectivity index (χ1v) is 13.5. The highest BCUT2D eigenvalue weighted by molar-refractivity contribution is 6.30. The monoisotopic (exact) mass is 525 g/mol. The van der Waals surface area contributed by atoms with Gasteiger partial charge >= 0.3 is 0 Å². The minimum atomic E-state index is -0.528. The summed E-state index contributed by atoms with van der Waals surface area (Å²) in [6, 6.07) is 7.34. The Labute approximate surface area is 224 Å². The van der Waals surface area contributed by atoms with Gasteiger partial charge in [-0.15, -0.1) is 0 Å². The standard InChI is InChI=1S/C25H25ClFN3O2.C5H12/c1-4-14(3)19-10-22(21-12-29-30-25(21)27)28-11-20(19)18(5-2)24(31)16-8-15-9-17(26)6-7-23(15)32-13-16;1-3-5-4-2/h5-7,9-12,14,16H,4,8,13H2,1-3H3,(H,29,30);3-5H2,1-2H3/b18-5+;. The number of fused-ring (bicyclic) bond motifs is 1. The van der Waals surface area contributed by atoms with E-state index < -0.39 is 5.95 Å². The van der Waals surface area contributed by atoms with Crippen LogP contribution in [-0.2, 0) is 11.2 Å². The van der Waals surface area contributed by atoms with Gasteiger partial charge in [0.25, 0.3) is 0 Å². The van der Waals surface area contributed by atoms with E-state index in [4.69, 9.17) is 16.3 Å². The number of unbranched alkanes of at least 4 members (excludes halogenated alkanes) is 2. The molecule has 3 heterocycles. The molecule has 1 aliphatic rings. The van der Waals surface area contributed by atoms with Gasteiger partial charge < -0.3 is 4.74 Å². The second-order valence-electron chi connectivity index (χ2n) is 9.45. The molecular weight excluding hydrogens is 489 g/mol. The molecule has 1 aliphatic heterocycles. The molecule has 0 aliphatic carbocycles. The third kappa shape index (κ3) is 6.86. The van der Waals surface area contributed by atoms with Crippen LogP contribution in [0.2, 0.25) is 5.02 Å². The summed E-state index contributed by atoms with van der Waals surface area (Å²) < 4.78 is 19.9. The minimum absolute atomic E-state index is 0.00622. The Hall–Kier alpha value is -2.99. The first-order chi connectivity index (χ1) is 17.8. The number of nitrogens with zero attached hydrogens (tertiary/aromatic N) is 2. The van der Waals surface area contributed by atoms with Gasteiger partial charge in [0, 0.05) is 22.4 Å². The van der Waals surface area contributed by atoms with E-state index in [1.54, 1.807) is 12.3 Å². The second-order valence-corrected chi connectivity index (χ2v) is 9.88. The molecule has 37 heavy (non-hydrogen) atoms. The van der Waals surface area contributed by atoms with Crippen molar-refractivity contribution in [2.75, 3.05) is 6.61 Å². The molecule has 0 fully saturated rings. The highest BCUT2D eigenvalue weighted by Crippen LogP contribution is 2.36. The Morgan fingerprint density at radius 1 is 1.24 bits per heavy atom. The number of carbonyl (C=O) groups excluding carboxylic acids is 1. The molecule has 5 nitrogen and oxygen atoms in total. The Morgan fingerprint density at radius 3 is 2.59 bits per heavy atom. The van der Waals surface area contributed by atoms with Crippen LogP contribution in [0.3, 0.4) is 0 Å². The molecule has 0 saturated heterocycles. The molecule has 0 bridgehead atoms. The number of rotatable bonds is 8. The Bertz CT molecular complexity index is 1240. The summed E-state index contributed by atoms with van der Waals surface area (Å²) >= 11 is 6.14. The van der Waals surface area contributed by atoms with Crippen LogP contribution in [0.1, 0.15) is 82.9 Å². The molecule has 1 N–H and O–H groups in total. The number of benzene rings is 1. The Morgan fingerprint density at radius 2 is 2.00 bits per heavy atom. The molecule has 0 amide bonds. The van der Waals surface area contributed by atoms with Gasteiger partial charge in [0.15, 0.2) is 5.78 Å². The molecule has 4 rings (SSSR count). The molecule has 7 heteroatoms. The number of aromatic nitrogens is 3. The highest BCUT2D eigenvalue weighted by Gasteiger charge is 2.30. The number of halogens is 2. The maximum absolute atomic E-state index is 14.0. The lowest BCUT2D eigenvalue weighted by molar-refractivity contribution is -0.118. The Kier molecular flexibility index (Phi) is 10.4. The fourth-order valence-corrected chi connectivity index (χ4v) is 4.65. The van der Waals surface area contributed by atoms with E-state index in [2.05, 4.69) is 42.9 Å². The van der Waals surface area contributed by atoms with Gasteiger partial charge in [0.05, 0.1) is 30.0 Å². The van der Waals surface area contributed by atoms with E-state index in [1.807, 2.05) is 31.2 Å². The van der Waals surface area contributed by atoms with Crippen LogP contribution >= 0.6 is 11.6 Å². The van der Waals surface area contributed by atoms with Gasteiger partial charge in [-0.25, -0.2) is 0 Å². The predicted octanol–water partition coefficient (Wildman–Crippen LogP) is 8.20. The lowest BCUT2D eigenvalue weighted by Crippen LogP contribution is -2.29. The van der Waals surface area contributed by atoms with Gasteiger partial charge in [-0.1, -0.05) is 64.6 Å². The van der Waals surface area contributed by atoms with Crippen LogP contribution < -0.4 is 4.74 Å². The Balaban J connectivity index is 0.000000695. The van der Waals surface area contributed by atoms with Crippen LogP contribution in [0.4, 0.5) is 4.39 Å². The quantitative estimate of drug-likeness (QED) is 0.301. The summed E-state index contributed by atoms with van der Waals surface area (Å²) in [7, 11) is 0. The molecule has 2 aromatic heterocycles. The number of hydrogen-bond acceptors (Lipinski definition) is 4. The van der Waals surface area contributed by atoms with Crippen molar-refractivity contribution in [2.45, 2.75) is 72.6 Å². The number of allylic oxidation sites excluding steroid dienone is 2. The number of Topliss-reactive ketones (excluding diaryl/α,β-unsaturated/α-hetero) is 1.